The molecule has 1 atom stereocenters. The number of nitriles is 1. The van der Waals surface area contributed by atoms with Gasteiger partial charge in [-0.15, -0.1) is 0 Å². The molecule has 1 N–H and O–H groups in total. The van der Waals surface area contributed by atoms with Crippen LogP contribution in [0.4, 0.5) is 15.0 Å². The van der Waals surface area contributed by atoms with E-state index in [1.165, 1.54) is 18.5 Å². The zero-order chi connectivity index (χ0) is 22.9. The van der Waals surface area contributed by atoms with Gasteiger partial charge in [-0.25, -0.2) is 24.1 Å². The lowest BCUT2D eigenvalue weighted by atomic mass is 10.1. The van der Waals surface area contributed by atoms with Gasteiger partial charge in [0.05, 0.1) is 12.4 Å². The topological polar surface area (TPSA) is 108 Å². The average Bonchev–Trinajstić information content (AvgIpc) is 3.15. The molecule has 0 spiro atoms. The van der Waals surface area contributed by atoms with Crippen LogP contribution in [-0.2, 0) is 4.74 Å². The van der Waals surface area contributed by atoms with Crippen LogP contribution < -0.4 is 5.32 Å². The molecule has 1 amide bonds. The molecule has 166 valence electrons. The summed E-state index contributed by atoms with van der Waals surface area (Å²) in [5.74, 6) is 0.262. The minimum atomic E-state index is -0.569. The number of hydrogen-bond acceptors (Lipinski definition) is 7. The Balaban J connectivity index is 1.58. The number of hydrogen-bond donors (Lipinski definition) is 1. The quantitative estimate of drug-likeness (QED) is 0.667. The predicted molar refractivity (Wildman–Crippen MR) is 115 cm³/mol. The maximum atomic E-state index is 13.7. The summed E-state index contributed by atoms with van der Waals surface area (Å²) in [7, 11) is 0. The van der Waals surface area contributed by atoms with Gasteiger partial charge < -0.3 is 15.0 Å². The van der Waals surface area contributed by atoms with Crippen molar-refractivity contribution in [2.75, 3.05) is 18.4 Å². The molecular weight excluding hydrogens is 413 g/mol. The number of likely N-dealkylation sites (tertiary alicyclic amines) is 1. The van der Waals surface area contributed by atoms with Crippen molar-refractivity contribution in [3.8, 4) is 17.6 Å². The summed E-state index contributed by atoms with van der Waals surface area (Å²) >= 11 is 0. The number of imidazole rings is 1. The molecule has 1 saturated heterocycles. The Morgan fingerprint density at radius 2 is 2.12 bits per heavy atom. The summed E-state index contributed by atoms with van der Waals surface area (Å²) in [5, 5.41) is 12.8. The largest absolute Gasteiger partial charge is 0.444 e. The third-order valence-corrected chi connectivity index (χ3v) is 5.02. The Kier molecular flexibility index (Phi) is 5.65. The average molecular weight is 437 g/mol. The van der Waals surface area contributed by atoms with Gasteiger partial charge in [-0.05, 0) is 45.7 Å². The molecule has 3 aromatic heterocycles. The second-order valence-electron chi connectivity index (χ2n) is 8.70. The number of rotatable bonds is 3. The highest BCUT2D eigenvalue weighted by Gasteiger charge is 2.28. The number of nitrogens with one attached hydrogen (secondary N) is 1. The van der Waals surface area contributed by atoms with Gasteiger partial charge in [-0.2, -0.15) is 5.26 Å². The molecule has 1 aliphatic heterocycles. The van der Waals surface area contributed by atoms with Gasteiger partial charge in [0.1, 0.15) is 40.2 Å². The standard InChI is InChI=1S/C22H24FN7O2/c1-22(2,3)32-21(31)29-8-4-5-16(13-29)27-19-14(9-24)10-26-20(28-19)17-11-25-18-7-6-15(23)12-30(17)18/h6-7,10-12,16H,4-5,8,13H2,1-3H3,(H,26,27,28)/t16-/m1/s1. The highest BCUT2D eigenvalue weighted by atomic mass is 19.1. The maximum Gasteiger partial charge on any atom is 0.410 e. The molecular formula is C22H24FN7O2. The molecule has 10 heteroatoms. The first-order valence-corrected chi connectivity index (χ1v) is 10.4. The normalized spacial score (nSPS) is 16.6. The number of fused-ring (bicyclic) bond motifs is 1. The zero-order valence-electron chi connectivity index (χ0n) is 18.2. The van der Waals surface area contributed by atoms with Gasteiger partial charge in [0.25, 0.3) is 0 Å². The summed E-state index contributed by atoms with van der Waals surface area (Å²) in [6, 6.07) is 4.88. The van der Waals surface area contributed by atoms with E-state index < -0.39 is 11.4 Å². The molecule has 0 aromatic carbocycles. The Labute approximate surface area is 184 Å². The third-order valence-electron chi connectivity index (χ3n) is 5.02. The van der Waals surface area contributed by atoms with Crippen molar-refractivity contribution >= 4 is 17.6 Å². The fourth-order valence-corrected chi connectivity index (χ4v) is 3.60. The van der Waals surface area contributed by atoms with E-state index in [9.17, 15) is 14.4 Å². The van der Waals surface area contributed by atoms with Crippen molar-refractivity contribution in [1.82, 2.24) is 24.3 Å². The smallest absolute Gasteiger partial charge is 0.410 e. The molecule has 32 heavy (non-hydrogen) atoms. The third kappa shape index (κ3) is 4.61. The number of carbonyl (C=O) groups excluding carboxylic acids is 1. The van der Waals surface area contributed by atoms with Gasteiger partial charge in [-0.1, -0.05) is 0 Å². The van der Waals surface area contributed by atoms with Crippen molar-refractivity contribution in [3.05, 3.63) is 42.1 Å². The Bertz CT molecular complexity index is 1200. The van der Waals surface area contributed by atoms with Gasteiger partial charge in [0, 0.05) is 25.3 Å². The van der Waals surface area contributed by atoms with Crippen LogP contribution >= 0.6 is 0 Å². The van der Waals surface area contributed by atoms with Crippen molar-refractivity contribution < 1.29 is 13.9 Å². The zero-order valence-corrected chi connectivity index (χ0v) is 18.2. The van der Waals surface area contributed by atoms with Crippen molar-refractivity contribution in [1.29, 1.82) is 5.26 Å². The van der Waals surface area contributed by atoms with E-state index >= 15 is 0 Å². The van der Waals surface area contributed by atoms with E-state index in [0.29, 0.717) is 36.1 Å². The summed E-state index contributed by atoms with van der Waals surface area (Å²) in [5.41, 5.74) is 0.777. The Morgan fingerprint density at radius 1 is 1.31 bits per heavy atom. The summed E-state index contributed by atoms with van der Waals surface area (Å²) < 4.78 is 20.8. The fraction of sp³-hybridized carbons (Fsp3) is 0.409. The number of piperidine rings is 1. The lowest BCUT2D eigenvalue weighted by Crippen LogP contribution is -2.47. The summed E-state index contributed by atoms with van der Waals surface area (Å²) in [6.07, 6.45) is 5.54. The summed E-state index contributed by atoms with van der Waals surface area (Å²) in [6.45, 7) is 6.54. The first-order valence-electron chi connectivity index (χ1n) is 10.4. The van der Waals surface area contributed by atoms with Gasteiger partial charge >= 0.3 is 6.09 Å². The highest BCUT2D eigenvalue weighted by molar-refractivity contribution is 5.68. The van der Waals surface area contributed by atoms with Crippen LogP contribution in [-0.4, -0.2) is 55.1 Å². The van der Waals surface area contributed by atoms with Crippen LogP contribution in [0.3, 0.4) is 0 Å². The molecule has 9 nitrogen and oxygen atoms in total. The molecule has 4 heterocycles. The van der Waals surface area contributed by atoms with E-state index in [0.717, 1.165) is 12.8 Å². The monoisotopic (exact) mass is 437 g/mol. The predicted octanol–water partition coefficient (Wildman–Crippen LogP) is 3.61. The number of halogens is 1. The highest BCUT2D eigenvalue weighted by Crippen LogP contribution is 2.23. The first kappa shape index (κ1) is 21.5. The van der Waals surface area contributed by atoms with E-state index in [4.69, 9.17) is 4.74 Å². The van der Waals surface area contributed by atoms with Crippen molar-refractivity contribution in [2.24, 2.45) is 0 Å². The molecule has 3 aromatic rings. The lowest BCUT2D eigenvalue weighted by molar-refractivity contribution is 0.0206. The van der Waals surface area contributed by atoms with Gasteiger partial charge in [0.2, 0.25) is 0 Å². The first-order chi connectivity index (χ1) is 15.2. The van der Waals surface area contributed by atoms with Crippen LogP contribution in [0.1, 0.15) is 39.2 Å². The minimum absolute atomic E-state index is 0.106. The number of carbonyl (C=O) groups is 1. The second-order valence-corrected chi connectivity index (χ2v) is 8.70. The van der Waals surface area contributed by atoms with E-state index in [1.54, 1.807) is 21.6 Å². The molecule has 0 saturated carbocycles. The number of aromatic nitrogens is 4. The van der Waals surface area contributed by atoms with Crippen LogP contribution in [0.25, 0.3) is 17.2 Å². The van der Waals surface area contributed by atoms with Crippen LogP contribution in [0.5, 0.6) is 0 Å². The molecule has 4 rings (SSSR count). The lowest BCUT2D eigenvalue weighted by Gasteiger charge is -2.34. The van der Waals surface area contributed by atoms with E-state index in [-0.39, 0.29) is 17.7 Å². The number of nitrogens with zero attached hydrogens (tertiary/aromatic N) is 6. The van der Waals surface area contributed by atoms with Crippen LogP contribution in [0.2, 0.25) is 0 Å². The minimum Gasteiger partial charge on any atom is -0.444 e. The Hall–Kier alpha value is -3.74. The molecule has 0 bridgehead atoms. The SMILES string of the molecule is CC(C)(C)OC(=O)N1CCC[C@@H](Nc2nc(-c3cnc4ccc(F)cn34)ncc2C#N)C1. The van der Waals surface area contributed by atoms with Crippen LogP contribution in [0, 0.1) is 17.1 Å². The van der Waals surface area contributed by atoms with Crippen LogP contribution in [0.15, 0.2) is 30.7 Å². The van der Waals surface area contributed by atoms with Crippen molar-refractivity contribution in [3.63, 3.8) is 0 Å². The number of ether oxygens (including phenoxy) is 1. The van der Waals surface area contributed by atoms with E-state index in [2.05, 4.69) is 26.3 Å². The summed E-state index contributed by atoms with van der Waals surface area (Å²) in [4.78, 5) is 27.2. The number of pyridine rings is 1. The second kappa shape index (κ2) is 8.42. The maximum absolute atomic E-state index is 13.7. The fourth-order valence-electron chi connectivity index (χ4n) is 3.60. The van der Waals surface area contributed by atoms with E-state index in [1.807, 2.05) is 20.8 Å². The Morgan fingerprint density at radius 3 is 2.88 bits per heavy atom. The number of anilines is 1. The molecule has 0 unspecified atom stereocenters. The van der Waals surface area contributed by atoms with Gasteiger partial charge in [0.15, 0.2) is 5.82 Å². The van der Waals surface area contributed by atoms with Gasteiger partial charge in [-0.3, -0.25) is 4.40 Å². The molecule has 1 aliphatic rings. The number of amides is 1. The molecule has 0 aliphatic carbocycles. The van der Waals surface area contributed by atoms with Crippen molar-refractivity contribution in [2.45, 2.75) is 45.3 Å². The molecule has 0 radical (unpaired) electrons. The molecule has 1 fully saturated rings.